The molecule has 0 bridgehead atoms. The molecule has 1 aromatic heterocycles. The number of carbonyl (C=O) groups is 2. The fraction of sp³-hybridized carbons (Fsp3) is 0.250. The summed E-state index contributed by atoms with van der Waals surface area (Å²) in [6, 6.07) is 7.95. The van der Waals surface area contributed by atoms with Gasteiger partial charge in [0.2, 0.25) is 0 Å². The molecular formula is C16H14F3NO3S. The molecule has 4 nitrogen and oxygen atoms in total. The first-order chi connectivity index (χ1) is 11.3. The van der Waals surface area contributed by atoms with Crippen LogP contribution < -0.4 is 5.32 Å². The van der Waals surface area contributed by atoms with Crippen LogP contribution in [0.5, 0.6) is 0 Å². The van der Waals surface area contributed by atoms with Gasteiger partial charge in [-0.2, -0.15) is 13.2 Å². The second-order valence-corrected chi connectivity index (χ2v) is 6.24. The molecule has 1 aromatic carbocycles. The van der Waals surface area contributed by atoms with E-state index in [1.54, 1.807) is 12.1 Å². The first-order valence-corrected chi connectivity index (χ1v) is 7.74. The highest BCUT2D eigenvalue weighted by Gasteiger charge is 2.30. The average Bonchev–Trinajstić information content (AvgIpc) is 2.96. The molecule has 0 unspecified atom stereocenters. The minimum Gasteiger partial charge on any atom is -0.460 e. The molecule has 1 heterocycles. The lowest BCUT2D eigenvalue weighted by Gasteiger charge is -2.09. The van der Waals surface area contributed by atoms with E-state index in [1.807, 2.05) is 6.92 Å². The zero-order valence-corrected chi connectivity index (χ0v) is 13.5. The van der Waals surface area contributed by atoms with Gasteiger partial charge in [0.05, 0.1) is 10.4 Å². The number of alkyl halides is 3. The average molecular weight is 357 g/mol. The van der Waals surface area contributed by atoms with Gasteiger partial charge >= 0.3 is 12.1 Å². The van der Waals surface area contributed by atoms with Gasteiger partial charge in [0, 0.05) is 4.88 Å². The minimum absolute atomic E-state index is 0.221. The number of hydrogen-bond donors (Lipinski definition) is 1. The van der Waals surface area contributed by atoms with Crippen molar-refractivity contribution in [2.45, 2.75) is 19.7 Å². The third-order valence-corrected chi connectivity index (χ3v) is 4.01. The van der Waals surface area contributed by atoms with Gasteiger partial charge in [0.1, 0.15) is 13.2 Å². The zero-order chi connectivity index (χ0) is 17.7. The number of hydrogen-bond acceptors (Lipinski definition) is 4. The molecule has 0 aliphatic carbocycles. The first kappa shape index (κ1) is 18.0. The molecule has 0 saturated heterocycles. The summed E-state index contributed by atoms with van der Waals surface area (Å²) in [6.07, 6.45) is -4.45. The van der Waals surface area contributed by atoms with Crippen molar-refractivity contribution in [3.8, 4) is 0 Å². The van der Waals surface area contributed by atoms with Gasteiger partial charge in [-0.25, -0.2) is 0 Å². The number of ether oxygens (including phenoxy) is 1. The van der Waals surface area contributed by atoms with Crippen molar-refractivity contribution in [2.24, 2.45) is 0 Å². The standard InChI is InChI=1S/C16H14F3NO3S/c1-10-5-6-13(24-10)15(22)20-8-14(21)23-9-11-3-2-4-12(7-11)16(17,18)19/h2-7H,8-9H2,1H3,(H,20,22). The van der Waals surface area contributed by atoms with Crippen molar-refractivity contribution in [2.75, 3.05) is 6.54 Å². The SMILES string of the molecule is Cc1ccc(C(=O)NCC(=O)OCc2cccc(C(F)(F)F)c2)s1. The van der Waals surface area contributed by atoms with E-state index in [0.717, 1.165) is 17.0 Å². The summed E-state index contributed by atoms with van der Waals surface area (Å²) in [5.41, 5.74) is -0.587. The van der Waals surface area contributed by atoms with Crippen molar-refractivity contribution in [3.63, 3.8) is 0 Å². The van der Waals surface area contributed by atoms with Crippen LogP contribution >= 0.6 is 11.3 Å². The zero-order valence-electron chi connectivity index (χ0n) is 12.6. The Bertz CT molecular complexity index is 740. The maximum absolute atomic E-state index is 12.6. The van der Waals surface area contributed by atoms with E-state index in [0.29, 0.717) is 4.88 Å². The number of nitrogens with one attached hydrogen (secondary N) is 1. The topological polar surface area (TPSA) is 55.4 Å². The Hall–Kier alpha value is -2.35. The van der Waals surface area contributed by atoms with Crippen LogP contribution in [-0.2, 0) is 22.3 Å². The number of rotatable bonds is 5. The molecule has 0 spiro atoms. The first-order valence-electron chi connectivity index (χ1n) is 6.92. The largest absolute Gasteiger partial charge is 0.460 e. The van der Waals surface area contributed by atoms with Crippen LogP contribution in [0.15, 0.2) is 36.4 Å². The highest BCUT2D eigenvalue weighted by molar-refractivity contribution is 7.13. The Kier molecular flexibility index (Phi) is 5.61. The van der Waals surface area contributed by atoms with E-state index in [2.05, 4.69) is 5.32 Å². The van der Waals surface area contributed by atoms with Crippen LogP contribution in [0, 0.1) is 6.92 Å². The maximum Gasteiger partial charge on any atom is 0.416 e. The lowest BCUT2D eigenvalue weighted by atomic mass is 10.1. The second kappa shape index (κ2) is 7.48. The molecular weight excluding hydrogens is 343 g/mol. The number of benzene rings is 1. The van der Waals surface area contributed by atoms with E-state index in [9.17, 15) is 22.8 Å². The van der Waals surface area contributed by atoms with Crippen LogP contribution in [-0.4, -0.2) is 18.4 Å². The summed E-state index contributed by atoms with van der Waals surface area (Å²) in [6.45, 7) is 1.20. The van der Waals surface area contributed by atoms with Crippen molar-refractivity contribution in [1.29, 1.82) is 0 Å². The second-order valence-electron chi connectivity index (χ2n) is 4.95. The lowest BCUT2D eigenvalue weighted by Crippen LogP contribution is -2.30. The molecule has 0 atom stereocenters. The molecule has 0 fully saturated rings. The van der Waals surface area contributed by atoms with Gasteiger partial charge in [-0.3, -0.25) is 9.59 Å². The summed E-state index contributed by atoms with van der Waals surface area (Å²) in [7, 11) is 0. The van der Waals surface area contributed by atoms with E-state index in [1.165, 1.54) is 23.5 Å². The molecule has 128 valence electrons. The van der Waals surface area contributed by atoms with E-state index in [4.69, 9.17) is 4.74 Å². The molecule has 1 N–H and O–H groups in total. The van der Waals surface area contributed by atoms with E-state index >= 15 is 0 Å². The molecule has 0 radical (unpaired) electrons. The molecule has 1 amide bonds. The third-order valence-electron chi connectivity index (χ3n) is 3.01. The molecule has 0 saturated carbocycles. The Balaban J connectivity index is 1.82. The Morgan fingerprint density at radius 2 is 1.96 bits per heavy atom. The fourth-order valence-corrected chi connectivity index (χ4v) is 2.63. The Morgan fingerprint density at radius 3 is 2.58 bits per heavy atom. The third kappa shape index (κ3) is 5.09. The molecule has 24 heavy (non-hydrogen) atoms. The molecule has 0 aliphatic rings. The molecule has 0 aliphatic heterocycles. The summed E-state index contributed by atoms with van der Waals surface area (Å²) in [5, 5.41) is 2.40. The number of amides is 1. The number of aryl methyl sites for hydroxylation is 1. The fourth-order valence-electron chi connectivity index (χ4n) is 1.85. The predicted octanol–water partition coefficient (Wildman–Crippen LogP) is 3.55. The van der Waals surface area contributed by atoms with E-state index in [-0.39, 0.29) is 18.7 Å². The summed E-state index contributed by atoms with van der Waals surface area (Å²) in [4.78, 5) is 24.8. The van der Waals surface area contributed by atoms with Crippen LogP contribution in [0.2, 0.25) is 0 Å². The number of thiophene rings is 1. The minimum atomic E-state index is -4.45. The number of halogens is 3. The molecule has 2 rings (SSSR count). The number of carbonyl (C=O) groups excluding carboxylic acids is 2. The quantitative estimate of drug-likeness (QED) is 0.833. The van der Waals surface area contributed by atoms with Gasteiger partial charge in [-0.05, 0) is 36.8 Å². The lowest BCUT2D eigenvalue weighted by molar-refractivity contribution is -0.143. The molecule has 2 aromatic rings. The van der Waals surface area contributed by atoms with Crippen LogP contribution in [0.4, 0.5) is 13.2 Å². The Labute approximate surface area is 140 Å². The highest BCUT2D eigenvalue weighted by atomic mass is 32.1. The van der Waals surface area contributed by atoms with Gasteiger partial charge < -0.3 is 10.1 Å². The summed E-state index contributed by atoms with van der Waals surface area (Å²) < 4.78 is 42.6. The summed E-state index contributed by atoms with van der Waals surface area (Å²) in [5.74, 6) is -1.13. The highest BCUT2D eigenvalue weighted by Crippen LogP contribution is 2.29. The number of esters is 1. The Morgan fingerprint density at radius 1 is 1.21 bits per heavy atom. The summed E-state index contributed by atoms with van der Waals surface area (Å²) >= 11 is 1.29. The van der Waals surface area contributed by atoms with Crippen LogP contribution in [0.1, 0.15) is 25.7 Å². The van der Waals surface area contributed by atoms with Crippen molar-refractivity contribution >= 4 is 23.2 Å². The monoisotopic (exact) mass is 357 g/mol. The normalized spacial score (nSPS) is 11.2. The maximum atomic E-state index is 12.6. The molecule has 8 heteroatoms. The van der Waals surface area contributed by atoms with Gasteiger partial charge in [-0.1, -0.05) is 12.1 Å². The van der Waals surface area contributed by atoms with E-state index < -0.39 is 23.6 Å². The smallest absolute Gasteiger partial charge is 0.416 e. The predicted molar refractivity (Wildman–Crippen MR) is 82.6 cm³/mol. The van der Waals surface area contributed by atoms with Gasteiger partial charge in [0.25, 0.3) is 5.91 Å². The van der Waals surface area contributed by atoms with Crippen LogP contribution in [0.3, 0.4) is 0 Å². The van der Waals surface area contributed by atoms with Gasteiger partial charge in [0.15, 0.2) is 0 Å². The van der Waals surface area contributed by atoms with Gasteiger partial charge in [-0.15, -0.1) is 11.3 Å². The van der Waals surface area contributed by atoms with Crippen molar-refractivity contribution in [3.05, 3.63) is 57.3 Å². The van der Waals surface area contributed by atoms with Crippen molar-refractivity contribution in [1.82, 2.24) is 5.32 Å². The van der Waals surface area contributed by atoms with Crippen LogP contribution in [0.25, 0.3) is 0 Å². The van der Waals surface area contributed by atoms with Crippen molar-refractivity contribution < 1.29 is 27.5 Å².